The van der Waals surface area contributed by atoms with Gasteiger partial charge in [-0.3, -0.25) is 4.79 Å². The van der Waals surface area contributed by atoms with Crippen molar-refractivity contribution in [2.24, 2.45) is 5.92 Å². The largest absolute Gasteiger partial charge is 0.351 e. The first kappa shape index (κ1) is 11.6. The lowest BCUT2D eigenvalue weighted by Crippen LogP contribution is -2.31. The Bertz CT molecular complexity index is 354. The van der Waals surface area contributed by atoms with Crippen LogP contribution in [-0.2, 0) is 0 Å². The Kier molecular flexibility index (Phi) is 3.85. The number of hydrogen-bond donors (Lipinski definition) is 1. The first-order valence-corrected chi connectivity index (χ1v) is 7.30. The normalized spacial score (nSPS) is 16.1. The van der Waals surface area contributed by atoms with E-state index >= 15 is 0 Å². The maximum Gasteiger partial charge on any atom is 0.261 e. The molecule has 82 valence electrons. The minimum atomic E-state index is 0.0401. The molecule has 1 aromatic heterocycles. The summed E-state index contributed by atoms with van der Waals surface area (Å²) in [7, 11) is 0. The summed E-state index contributed by atoms with van der Waals surface area (Å²) in [4.78, 5) is 12.5. The van der Waals surface area contributed by atoms with Gasteiger partial charge >= 0.3 is 0 Å². The molecule has 0 atom stereocenters. The third-order valence-electron chi connectivity index (χ3n) is 2.64. The van der Waals surface area contributed by atoms with E-state index in [-0.39, 0.29) is 5.91 Å². The topological polar surface area (TPSA) is 29.1 Å². The number of rotatable bonds is 3. The highest BCUT2D eigenvalue weighted by molar-refractivity contribution is 9.13. The molecule has 0 unspecified atom stereocenters. The Balaban J connectivity index is 1.89. The molecule has 2 rings (SSSR count). The van der Waals surface area contributed by atoms with E-state index in [0.717, 1.165) is 19.7 Å². The van der Waals surface area contributed by atoms with E-state index in [2.05, 4.69) is 37.2 Å². The molecule has 0 radical (unpaired) electrons. The molecule has 15 heavy (non-hydrogen) atoms. The SMILES string of the molecule is O=C(NCC1CCC1)c1cc(Br)c(Br)s1. The second-order valence-corrected chi connectivity index (χ2v) is 6.96. The number of thiophene rings is 1. The molecule has 0 aromatic carbocycles. The molecule has 0 bridgehead atoms. The lowest BCUT2D eigenvalue weighted by molar-refractivity contribution is 0.0943. The number of carbonyl (C=O) groups excluding carboxylic acids is 1. The minimum absolute atomic E-state index is 0.0401. The van der Waals surface area contributed by atoms with Crippen LogP contribution in [0.3, 0.4) is 0 Å². The van der Waals surface area contributed by atoms with Crippen LogP contribution in [0.4, 0.5) is 0 Å². The van der Waals surface area contributed by atoms with Crippen molar-refractivity contribution in [3.05, 3.63) is 19.2 Å². The van der Waals surface area contributed by atoms with Gasteiger partial charge in [-0.1, -0.05) is 6.42 Å². The van der Waals surface area contributed by atoms with Gasteiger partial charge < -0.3 is 5.32 Å². The fraction of sp³-hybridized carbons (Fsp3) is 0.500. The van der Waals surface area contributed by atoms with Crippen molar-refractivity contribution < 1.29 is 4.79 Å². The van der Waals surface area contributed by atoms with E-state index < -0.39 is 0 Å². The first-order chi connectivity index (χ1) is 7.16. The zero-order valence-electron chi connectivity index (χ0n) is 8.06. The Hall–Kier alpha value is 0.130. The highest BCUT2D eigenvalue weighted by Crippen LogP contribution is 2.32. The van der Waals surface area contributed by atoms with Crippen molar-refractivity contribution in [2.45, 2.75) is 19.3 Å². The van der Waals surface area contributed by atoms with Crippen molar-refractivity contribution in [3.63, 3.8) is 0 Å². The molecule has 1 aliphatic rings. The van der Waals surface area contributed by atoms with Crippen molar-refractivity contribution in [1.29, 1.82) is 0 Å². The van der Waals surface area contributed by atoms with E-state index in [0.29, 0.717) is 5.92 Å². The van der Waals surface area contributed by atoms with Gasteiger partial charge in [0.25, 0.3) is 5.91 Å². The molecular weight excluding hydrogens is 342 g/mol. The van der Waals surface area contributed by atoms with Crippen LogP contribution < -0.4 is 5.32 Å². The molecule has 0 spiro atoms. The van der Waals surface area contributed by atoms with E-state index in [1.165, 1.54) is 30.6 Å². The monoisotopic (exact) mass is 351 g/mol. The van der Waals surface area contributed by atoms with Crippen LogP contribution in [0.1, 0.15) is 28.9 Å². The molecule has 0 aliphatic heterocycles. The maximum absolute atomic E-state index is 11.7. The quantitative estimate of drug-likeness (QED) is 0.880. The smallest absolute Gasteiger partial charge is 0.261 e. The predicted molar refractivity (Wildman–Crippen MR) is 69.4 cm³/mol. The third-order valence-corrected chi connectivity index (χ3v) is 5.90. The van der Waals surface area contributed by atoms with Gasteiger partial charge in [0.15, 0.2) is 0 Å². The highest BCUT2D eigenvalue weighted by Gasteiger charge is 2.19. The predicted octanol–water partition coefficient (Wildman–Crippen LogP) is 3.80. The van der Waals surface area contributed by atoms with Gasteiger partial charge in [-0.15, -0.1) is 11.3 Å². The van der Waals surface area contributed by atoms with Crippen molar-refractivity contribution in [2.75, 3.05) is 6.54 Å². The van der Waals surface area contributed by atoms with Crippen LogP contribution in [0.25, 0.3) is 0 Å². The third kappa shape index (κ3) is 2.82. The molecule has 0 saturated heterocycles. The number of halogens is 2. The van der Waals surface area contributed by atoms with Gasteiger partial charge in [0, 0.05) is 11.0 Å². The summed E-state index contributed by atoms with van der Waals surface area (Å²) in [5, 5.41) is 2.97. The summed E-state index contributed by atoms with van der Waals surface area (Å²) in [5.41, 5.74) is 0. The Morgan fingerprint density at radius 1 is 1.53 bits per heavy atom. The molecule has 5 heteroatoms. The summed E-state index contributed by atoms with van der Waals surface area (Å²) in [6.45, 7) is 0.825. The summed E-state index contributed by atoms with van der Waals surface area (Å²) in [5.74, 6) is 0.749. The van der Waals surface area contributed by atoms with Crippen molar-refractivity contribution >= 4 is 49.1 Å². The van der Waals surface area contributed by atoms with Crippen LogP contribution in [0, 0.1) is 5.92 Å². The number of amides is 1. The Labute approximate surface area is 110 Å². The zero-order chi connectivity index (χ0) is 10.8. The van der Waals surface area contributed by atoms with Gasteiger partial charge in [0.2, 0.25) is 0 Å². The molecule has 1 N–H and O–H groups in total. The van der Waals surface area contributed by atoms with Gasteiger partial charge in [0.05, 0.1) is 8.66 Å². The molecule has 1 aromatic rings. The van der Waals surface area contributed by atoms with Crippen molar-refractivity contribution in [3.8, 4) is 0 Å². The lowest BCUT2D eigenvalue weighted by atomic mass is 9.85. The first-order valence-electron chi connectivity index (χ1n) is 4.90. The molecule has 2 nitrogen and oxygen atoms in total. The molecule has 1 saturated carbocycles. The average Bonchev–Trinajstić information content (AvgIpc) is 2.44. The van der Waals surface area contributed by atoms with Gasteiger partial charge in [-0.05, 0) is 56.7 Å². The van der Waals surface area contributed by atoms with Crippen LogP contribution in [0.15, 0.2) is 14.3 Å². The average molecular weight is 353 g/mol. The van der Waals surface area contributed by atoms with Crippen LogP contribution >= 0.6 is 43.2 Å². The summed E-state index contributed by atoms with van der Waals surface area (Å²) in [6, 6.07) is 1.85. The fourth-order valence-electron chi connectivity index (χ4n) is 1.48. The second-order valence-electron chi connectivity index (χ2n) is 3.74. The lowest BCUT2D eigenvalue weighted by Gasteiger charge is -2.25. The number of nitrogens with one attached hydrogen (secondary N) is 1. The molecule has 1 aliphatic carbocycles. The number of hydrogen-bond acceptors (Lipinski definition) is 2. The summed E-state index contributed by atoms with van der Waals surface area (Å²) >= 11 is 8.21. The molecule has 1 heterocycles. The van der Waals surface area contributed by atoms with Crippen LogP contribution in [-0.4, -0.2) is 12.5 Å². The van der Waals surface area contributed by atoms with Crippen molar-refractivity contribution in [1.82, 2.24) is 5.32 Å². The van der Waals surface area contributed by atoms with Gasteiger partial charge in [-0.2, -0.15) is 0 Å². The molecule has 1 fully saturated rings. The van der Waals surface area contributed by atoms with Crippen LogP contribution in [0.2, 0.25) is 0 Å². The van der Waals surface area contributed by atoms with Crippen LogP contribution in [0.5, 0.6) is 0 Å². The standard InChI is InChI=1S/C10H11Br2NOS/c11-7-4-8(15-9(7)12)10(14)13-5-6-2-1-3-6/h4,6H,1-3,5H2,(H,13,14). The van der Waals surface area contributed by atoms with E-state index in [9.17, 15) is 4.79 Å². The van der Waals surface area contributed by atoms with Gasteiger partial charge in [-0.25, -0.2) is 0 Å². The maximum atomic E-state index is 11.7. The van der Waals surface area contributed by atoms with Gasteiger partial charge in [0.1, 0.15) is 0 Å². The summed E-state index contributed by atoms with van der Waals surface area (Å²) < 4.78 is 1.91. The Morgan fingerprint density at radius 3 is 2.73 bits per heavy atom. The number of carbonyl (C=O) groups is 1. The fourth-order valence-corrected chi connectivity index (χ4v) is 3.43. The Morgan fingerprint density at radius 2 is 2.27 bits per heavy atom. The van der Waals surface area contributed by atoms with E-state index in [4.69, 9.17) is 0 Å². The highest BCUT2D eigenvalue weighted by atomic mass is 79.9. The minimum Gasteiger partial charge on any atom is -0.351 e. The summed E-state index contributed by atoms with van der Waals surface area (Å²) in [6.07, 6.45) is 3.84. The van der Waals surface area contributed by atoms with E-state index in [1.807, 2.05) is 6.07 Å². The molecule has 1 amide bonds. The molecular formula is C10H11Br2NOS. The second kappa shape index (κ2) is 4.97. The van der Waals surface area contributed by atoms with E-state index in [1.54, 1.807) is 0 Å². The zero-order valence-corrected chi connectivity index (χ0v) is 12.0.